The molecule has 2 N–H and O–H groups in total. The van der Waals surface area contributed by atoms with E-state index >= 15 is 0 Å². The first-order valence-corrected chi connectivity index (χ1v) is 12.1. The van der Waals surface area contributed by atoms with Crippen molar-refractivity contribution < 1.29 is 29.0 Å². The molecule has 0 bridgehead atoms. The third kappa shape index (κ3) is 6.07. The molecular weight excluding hydrogens is 442 g/mol. The lowest BCUT2D eigenvalue weighted by Gasteiger charge is -2.19. The number of amides is 1. The number of carboxylic acids is 1. The van der Waals surface area contributed by atoms with Crippen molar-refractivity contribution in [3.05, 3.63) is 59.7 Å². The Bertz CT molecular complexity index is 949. The van der Waals surface area contributed by atoms with Gasteiger partial charge in [-0.25, -0.2) is 9.59 Å². The SMILES string of the molecule is CCCC(SCC(NC(=O)OCC1c2ccccc2-c2ccccc21)C(=O)O)C(=O)OCC. The van der Waals surface area contributed by atoms with Crippen LogP contribution in [0.15, 0.2) is 48.5 Å². The Kier molecular flexibility index (Phi) is 8.77. The highest BCUT2D eigenvalue weighted by molar-refractivity contribution is 8.00. The van der Waals surface area contributed by atoms with E-state index < -0.39 is 23.4 Å². The summed E-state index contributed by atoms with van der Waals surface area (Å²) >= 11 is 1.17. The van der Waals surface area contributed by atoms with Crippen molar-refractivity contribution in [1.82, 2.24) is 5.32 Å². The molecule has 2 aromatic rings. The van der Waals surface area contributed by atoms with Gasteiger partial charge in [-0.2, -0.15) is 0 Å². The smallest absolute Gasteiger partial charge is 0.407 e. The normalized spacial score (nSPS) is 14.0. The summed E-state index contributed by atoms with van der Waals surface area (Å²) < 4.78 is 10.5. The second-order valence-corrected chi connectivity index (χ2v) is 8.96. The van der Waals surface area contributed by atoms with Crippen LogP contribution in [0.1, 0.15) is 43.7 Å². The van der Waals surface area contributed by atoms with Crippen LogP contribution < -0.4 is 5.32 Å². The van der Waals surface area contributed by atoms with Crippen molar-refractivity contribution in [1.29, 1.82) is 0 Å². The fourth-order valence-corrected chi connectivity index (χ4v) is 5.19. The minimum atomic E-state index is -1.19. The van der Waals surface area contributed by atoms with Gasteiger partial charge < -0.3 is 19.9 Å². The topological polar surface area (TPSA) is 102 Å². The van der Waals surface area contributed by atoms with E-state index in [1.54, 1.807) is 6.92 Å². The Balaban J connectivity index is 1.59. The van der Waals surface area contributed by atoms with Gasteiger partial charge in [-0.1, -0.05) is 61.9 Å². The number of fused-ring (bicyclic) bond motifs is 3. The zero-order valence-electron chi connectivity index (χ0n) is 18.8. The zero-order valence-corrected chi connectivity index (χ0v) is 19.6. The summed E-state index contributed by atoms with van der Waals surface area (Å²) in [6.07, 6.45) is 0.530. The number of carbonyl (C=O) groups is 3. The summed E-state index contributed by atoms with van der Waals surface area (Å²) in [5, 5.41) is 11.5. The van der Waals surface area contributed by atoms with Crippen LogP contribution in [-0.4, -0.2) is 53.4 Å². The molecule has 2 atom stereocenters. The largest absolute Gasteiger partial charge is 0.480 e. The number of thioether (sulfide) groups is 1. The van der Waals surface area contributed by atoms with Gasteiger partial charge in [-0.15, -0.1) is 11.8 Å². The maximum absolute atomic E-state index is 12.4. The summed E-state index contributed by atoms with van der Waals surface area (Å²) in [4.78, 5) is 36.2. The van der Waals surface area contributed by atoms with Gasteiger partial charge in [0.25, 0.3) is 0 Å². The van der Waals surface area contributed by atoms with E-state index in [0.29, 0.717) is 6.42 Å². The van der Waals surface area contributed by atoms with E-state index in [4.69, 9.17) is 9.47 Å². The molecule has 3 rings (SSSR count). The van der Waals surface area contributed by atoms with E-state index in [1.807, 2.05) is 55.5 Å². The van der Waals surface area contributed by atoms with Gasteiger partial charge >= 0.3 is 18.0 Å². The predicted molar refractivity (Wildman–Crippen MR) is 127 cm³/mol. The average molecular weight is 472 g/mol. The van der Waals surface area contributed by atoms with Crippen molar-refractivity contribution in [3.8, 4) is 11.1 Å². The second kappa shape index (κ2) is 11.7. The Labute approximate surface area is 197 Å². The molecule has 0 radical (unpaired) electrons. The standard InChI is InChI=1S/C25H29NO6S/c1-3-9-22(24(29)31-4-2)33-15-21(23(27)28)26-25(30)32-14-20-18-12-7-5-10-16(18)17-11-6-8-13-19(17)20/h5-8,10-13,20-22H,3-4,9,14-15H2,1-2H3,(H,26,30)(H,27,28). The number of hydrogen-bond acceptors (Lipinski definition) is 6. The number of alkyl carbamates (subject to hydrolysis) is 1. The molecule has 176 valence electrons. The number of ether oxygens (including phenoxy) is 2. The molecule has 0 saturated heterocycles. The Hall–Kier alpha value is -3.00. The van der Waals surface area contributed by atoms with Crippen LogP contribution in [-0.2, 0) is 19.1 Å². The summed E-state index contributed by atoms with van der Waals surface area (Å²) in [6, 6.07) is 14.8. The number of hydrogen-bond donors (Lipinski definition) is 2. The van der Waals surface area contributed by atoms with Crippen LogP contribution in [0.4, 0.5) is 4.79 Å². The summed E-state index contributed by atoms with van der Waals surface area (Å²) in [5.41, 5.74) is 4.38. The fourth-order valence-electron chi connectivity index (χ4n) is 3.94. The van der Waals surface area contributed by atoms with Crippen molar-refractivity contribution in [2.45, 2.75) is 43.9 Å². The van der Waals surface area contributed by atoms with E-state index in [-0.39, 0.29) is 30.9 Å². The number of rotatable bonds is 11. The Morgan fingerprint density at radius 1 is 1.00 bits per heavy atom. The van der Waals surface area contributed by atoms with E-state index in [9.17, 15) is 19.5 Å². The highest BCUT2D eigenvalue weighted by atomic mass is 32.2. The first kappa shape index (κ1) is 24.6. The number of carboxylic acid groups (broad SMARTS) is 1. The summed E-state index contributed by atoms with van der Waals surface area (Å²) in [6.45, 7) is 4.03. The molecule has 7 nitrogen and oxygen atoms in total. The first-order chi connectivity index (χ1) is 16.0. The van der Waals surface area contributed by atoms with Crippen LogP contribution in [0, 0.1) is 0 Å². The zero-order chi connectivity index (χ0) is 23.8. The molecule has 1 amide bonds. The molecule has 1 aliphatic rings. The molecule has 0 fully saturated rings. The number of carbonyl (C=O) groups excluding carboxylic acids is 2. The van der Waals surface area contributed by atoms with Crippen LogP contribution in [0.25, 0.3) is 11.1 Å². The summed E-state index contributed by atoms with van der Waals surface area (Å²) in [7, 11) is 0. The fraction of sp³-hybridized carbons (Fsp3) is 0.400. The first-order valence-electron chi connectivity index (χ1n) is 11.1. The molecule has 0 heterocycles. The predicted octanol–water partition coefficient (Wildman–Crippen LogP) is 4.44. The van der Waals surface area contributed by atoms with Crippen LogP contribution >= 0.6 is 11.8 Å². The van der Waals surface area contributed by atoms with Gasteiger partial charge in [0.05, 0.1) is 6.61 Å². The number of benzene rings is 2. The lowest BCUT2D eigenvalue weighted by Crippen LogP contribution is -2.43. The minimum absolute atomic E-state index is 0.0308. The quantitative estimate of drug-likeness (QED) is 0.467. The highest BCUT2D eigenvalue weighted by Crippen LogP contribution is 2.44. The van der Waals surface area contributed by atoms with Crippen molar-refractivity contribution >= 4 is 29.8 Å². The molecule has 2 aromatic carbocycles. The van der Waals surface area contributed by atoms with Crippen molar-refractivity contribution in [3.63, 3.8) is 0 Å². The van der Waals surface area contributed by atoms with Gasteiger partial charge in [-0.05, 0) is 35.6 Å². The van der Waals surface area contributed by atoms with Gasteiger partial charge in [0.1, 0.15) is 17.9 Å². The Morgan fingerprint density at radius 3 is 2.15 bits per heavy atom. The van der Waals surface area contributed by atoms with Crippen molar-refractivity contribution in [2.24, 2.45) is 0 Å². The minimum Gasteiger partial charge on any atom is -0.480 e. The number of aliphatic carboxylic acids is 1. The number of esters is 1. The molecule has 0 saturated carbocycles. The maximum Gasteiger partial charge on any atom is 0.407 e. The lowest BCUT2D eigenvalue weighted by atomic mass is 9.98. The highest BCUT2D eigenvalue weighted by Gasteiger charge is 2.30. The second-order valence-electron chi connectivity index (χ2n) is 7.72. The molecule has 8 heteroatoms. The molecule has 0 aliphatic heterocycles. The van der Waals surface area contributed by atoms with Crippen LogP contribution in [0.5, 0.6) is 0 Å². The van der Waals surface area contributed by atoms with E-state index in [2.05, 4.69) is 5.32 Å². The van der Waals surface area contributed by atoms with Crippen molar-refractivity contribution in [2.75, 3.05) is 19.0 Å². The monoisotopic (exact) mass is 471 g/mol. The molecule has 33 heavy (non-hydrogen) atoms. The molecular formula is C25H29NO6S. The van der Waals surface area contributed by atoms with Gasteiger partial charge in [0.15, 0.2) is 0 Å². The van der Waals surface area contributed by atoms with Gasteiger partial charge in [0, 0.05) is 11.7 Å². The third-order valence-corrected chi connectivity index (χ3v) is 6.85. The van der Waals surface area contributed by atoms with Crippen LogP contribution in [0.2, 0.25) is 0 Å². The maximum atomic E-state index is 12.4. The third-order valence-electron chi connectivity index (χ3n) is 5.50. The molecule has 0 aromatic heterocycles. The van der Waals surface area contributed by atoms with Gasteiger partial charge in [0.2, 0.25) is 0 Å². The average Bonchev–Trinajstić information content (AvgIpc) is 3.13. The van der Waals surface area contributed by atoms with Gasteiger partial charge in [-0.3, -0.25) is 4.79 Å². The van der Waals surface area contributed by atoms with Crippen LogP contribution in [0.3, 0.4) is 0 Å². The molecule has 2 unspecified atom stereocenters. The molecule has 1 aliphatic carbocycles. The van der Waals surface area contributed by atoms with E-state index in [0.717, 1.165) is 28.7 Å². The summed E-state index contributed by atoms with van der Waals surface area (Å²) in [5.74, 6) is -1.63. The Morgan fingerprint density at radius 2 is 1.61 bits per heavy atom. The van der Waals surface area contributed by atoms with E-state index in [1.165, 1.54) is 11.8 Å². The number of nitrogens with one attached hydrogen (secondary N) is 1. The lowest BCUT2D eigenvalue weighted by molar-refractivity contribution is -0.142. The molecule has 0 spiro atoms.